The molecule has 0 aliphatic carbocycles. The van der Waals surface area contributed by atoms with Crippen molar-refractivity contribution in [2.24, 2.45) is 5.92 Å². The summed E-state index contributed by atoms with van der Waals surface area (Å²) in [4.78, 5) is 14.9. The van der Waals surface area contributed by atoms with Gasteiger partial charge in [0.15, 0.2) is 0 Å². The van der Waals surface area contributed by atoms with Crippen LogP contribution in [0.25, 0.3) is 0 Å². The molecule has 4 rings (SSSR count). The van der Waals surface area contributed by atoms with Crippen LogP contribution in [-0.4, -0.2) is 43.2 Å². The highest BCUT2D eigenvalue weighted by Gasteiger charge is 2.33. The van der Waals surface area contributed by atoms with Crippen molar-refractivity contribution in [1.29, 1.82) is 0 Å². The molecule has 1 saturated heterocycles. The molecule has 0 saturated carbocycles. The zero-order valence-corrected chi connectivity index (χ0v) is 17.8. The van der Waals surface area contributed by atoms with Crippen molar-refractivity contribution in [2.45, 2.75) is 31.6 Å². The highest BCUT2D eigenvalue weighted by atomic mass is 35.5. The van der Waals surface area contributed by atoms with Crippen LogP contribution in [0.5, 0.6) is 0 Å². The van der Waals surface area contributed by atoms with Gasteiger partial charge in [-0.25, -0.2) is 12.7 Å². The average molecular weight is 433 g/mol. The van der Waals surface area contributed by atoms with E-state index in [4.69, 9.17) is 11.6 Å². The molecule has 1 fully saturated rings. The van der Waals surface area contributed by atoms with Crippen LogP contribution < -0.4 is 0 Å². The van der Waals surface area contributed by atoms with E-state index >= 15 is 0 Å². The Labute approximate surface area is 177 Å². The van der Waals surface area contributed by atoms with Crippen molar-refractivity contribution in [1.82, 2.24) is 9.21 Å². The molecule has 7 heteroatoms. The van der Waals surface area contributed by atoms with Crippen LogP contribution in [0.1, 0.15) is 29.5 Å². The first-order chi connectivity index (χ1) is 13.9. The van der Waals surface area contributed by atoms with Gasteiger partial charge in [-0.2, -0.15) is 0 Å². The number of fused-ring (bicyclic) bond motifs is 1. The van der Waals surface area contributed by atoms with E-state index in [1.807, 2.05) is 17.0 Å². The molecule has 0 unspecified atom stereocenters. The van der Waals surface area contributed by atoms with Crippen LogP contribution in [-0.2, 0) is 33.5 Å². The van der Waals surface area contributed by atoms with E-state index in [2.05, 4.69) is 12.1 Å². The highest BCUT2D eigenvalue weighted by Crippen LogP contribution is 2.26. The van der Waals surface area contributed by atoms with E-state index in [0.717, 1.165) is 18.5 Å². The third kappa shape index (κ3) is 4.65. The Kier molecular flexibility index (Phi) is 5.95. The van der Waals surface area contributed by atoms with Gasteiger partial charge in [-0.3, -0.25) is 4.79 Å². The third-order valence-electron chi connectivity index (χ3n) is 5.90. The van der Waals surface area contributed by atoms with Crippen molar-refractivity contribution in [3.8, 4) is 0 Å². The maximum absolute atomic E-state index is 13.0. The van der Waals surface area contributed by atoms with Crippen molar-refractivity contribution in [3.63, 3.8) is 0 Å². The lowest BCUT2D eigenvalue weighted by atomic mass is 9.94. The second-order valence-electron chi connectivity index (χ2n) is 7.83. The molecular formula is C22H25ClN2O3S. The van der Waals surface area contributed by atoms with Gasteiger partial charge in [0.25, 0.3) is 0 Å². The fourth-order valence-corrected chi connectivity index (χ4v) is 5.89. The summed E-state index contributed by atoms with van der Waals surface area (Å²) in [7, 11) is -3.40. The average Bonchev–Trinajstić information content (AvgIpc) is 2.74. The number of carbonyl (C=O) groups is 1. The predicted octanol–water partition coefficient (Wildman–Crippen LogP) is 3.47. The number of piperidine rings is 1. The number of amides is 1. The predicted molar refractivity (Wildman–Crippen MR) is 114 cm³/mol. The molecule has 2 aromatic carbocycles. The fourth-order valence-electron chi connectivity index (χ4n) is 4.21. The molecule has 154 valence electrons. The van der Waals surface area contributed by atoms with Gasteiger partial charge in [0, 0.05) is 37.1 Å². The lowest BCUT2D eigenvalue weighted by molar-refractivity contribution is -0.137. The molecule has 2 aliphatic heterocycles. The van der Waals surface area contributed by atoms with Gasteiger partial charge in [-0.15, -0.1) is 0 Å². The summed E-state index contributed by atoms with van der Waals surface area (Å²) in [5.41, 5.74) is 3.26. The van der Waals surface area contributed by atoms with Gasteiger partial charge in [0.1, 0.15) is 0 Å². The molecule has 0 aromatic heterocycles. The number of carbonyl (C=O) groups excluding carboxylic acids is 1. The van der Waals surface area contributed by atoms with E-state index in [9.17, 15) is 13.2 Å². The van der Waals surface area contributed by atoms with Crippen molar-refractivity contribution < 1.29 is 13.2 Å². The Hall–Kier alpha value is -1.89. The van der Waals surface area contributed by atoms with Gasteiger partial charge in [-0.1, -0.05) is 48.0 Å². The smallest absolute Gasteiger partial charge is 0.226 e. The number of nitrogens with zero attached hydrogens (tertiary/aromatic N) is 2. The lowest BCUT2D eigenvalue weighted by Crippen LogP contribution is -2.45. The van der Waals surface area contributed by atoms with Crippen molar-refractivity contribution in [3.05, 3.63) is 70.2 Å². The monoisotopic (exact) mass is 432 g/mol. The van der Waals surface area contributed by atoms with Crippen molar-refractivity contribution in [2.75, 3.05) is 19.6 Å². The third-order valence-corrected chi connectivity index (χ3v) is 8.00. The van der Waals surface area contributed by atoms with Crippen LogP contribution in [0.4, 0.5) is 0 Å². The first kappa shape index (κ1) is 20.4. The number of halogens is 1. The van der Waals surface area contributed by atoms with Gasteiger partial charge in [0.2, 0.25) is 15.9 Å². The Balaban J connectivity index is 1.34. The quantitative estimate of drug-likeness (QED) is 0.743. The van der Waals surface area contributed by atoms with Crippen LogP contribution in [0.2, 0.25) is 5.02 Å². The summed E-state index contributed by atoms with van der Waals surface area (Å²) in [5, 5.41) is 0.589. The number of hydrogen-bond donors (Lipinski definition) is 0. The van der Waals surface area contributed by atoms with Gasteiger partial charge >= 0.3 is 0 Å². The standard InChI is InChI=1S/C22H25ClN2O3S/c23-21-7-5-17(6-8-21)16-29(27,28)25-13-10-19(11-14-25)22(26)24-12-9-18-3-1-2-4-20(18)15-24/h1-8,19H,9-16H2. The fraction of sp³-hybridized carbons (Fsp3) is 0.409. The summed E-state index contributed by atoms with van der Waals surface area (Å²) in [6.07, 6.45) is 2.05. The van der Waals surface area contributed by atoms with E-state index in [0.29, 0.717) is 37.5 Å². The van der Waals surface area contributed by atoms with Gasteiger partial charge < -0.3 is 4.90 Å². The molecule has 0 spiro atoms. The van der Waals surface area contributed by atoms with Crippen LogP contribution >= 0.6 is 11.6 Å². The molecule has 2 aromatic rings. The number of hydrogen-bond acceptors (Lipinski definition) is 3. The second kappa shape index (κ2) is 8.46. The lowest BCUT2D eigenvalue weighted by Gasteiger charge is -2.35. The molecule has 0 radical (unpaired) electrons. The SMILES string of the molecule is O=C(C1CCN(S(=O)(=O)Cc2ccc(Cl)cc2)CC1)N1CCc2ccccc2C1. The molecular weight excluding hydrogens is 408 g/mol. The summed E-state index contributed by atoms with van der Waals surface area (Å²) >= 11 is 5.87. The molecule has 2 aliphatic rings. The highest BCUT2D eigenvalue weighted by molar-refractivity contribution is 7.88. The van der Waals surface area contributed by atoms with Crippen LogP contribution in [0.3, 0.4) is 0 Å². The Bertz CT molecular complexity index is 983. The Morgan fingerprint density at radius 2 is 1.62 bits per heavy atom. The topological polar surface area (TPSA) is 57.7 Å². The second-order valence-corrected chi connectivity index (χ2v) is 10.2. The largest absolute Gasteiger partial charge is 0.338 e. The van der Waals surface area contributed by atoms with E-state index in [1.54, 1.807) is 24.3 Å². The van der Waals surface area contributed by atoms with Gasteiger partial charge in [-0.05, 0) is 48.1 Å². The number of benzene rings is 2. The molecule has 2 heterocycles. The summed E-state index contributed by atoms with van der Waals surface area (Å²) in [6.45, 7) is 2.20. The van der Waals surface area contributed by atoms with Crippen LogP contribution in [0.15, 0.2) is 48.5 Å². The number of rotatable bonds is 4. The Morgan fingerprint density at radius 1 is 0.966 bits per heavy atom. The van der Waals surface area contributed by atoms with E-state index in [-0.39, 0.29) is 17.6 Å². The minimum Gasteiger partial charge on any atom is -0.338 e. The molecule has 0 atom stereocenters. The molecule has 5 nitrogen and oxygen atoms in total. The minimum atomic E-state index is -3.40. The molecule has 0 bridgehead atoms. The molecule has 29 heavy (non-hydrogen) atoms. The number of sulfonamides is 1. The van der Waals surface area contributed by atoms with E-state index in [1.165, 1.54) is 15.4 Å². The molecule has 0 N–H and O–H groups in total. The summed E-state index contributed by atoms with van der Waals surface area (Å²) in [5.74, 6) is 0.0302. The first-order valence-electron chi connectivity index (χ1n) is 10.0. The maximum atomic E-state index is 13.0. The normalized spacial score (nSPS) is 18.4. The molecule has 1 amide bonds. The Morgan fingerprint density at radius 3 is 2.31 bits per heavy atom. The van der Waals surface area contributed by atoms with Gasteiger partial charge in [0.05, 0.1) is 5.75 Å². The summed E-state index contributed by atoms with van der Waals surface area (Å²) < 4.78 is 27.0. The van der Waals surface area contributed by atoms with Crippen molar-refractivity contribution >= 4 is 27.5 Å². The maximum Gasteiger partial charge on any atom is 0.226 e. The minimum absolute atomic E-state index is 0.0360. The van der Waals surface area contributed by atoms with Crippen LogP contribution in [0, 0.1) is 5.92 Å². The zero-order valence-electron chi connectivity index (χ0n) is 16.3. The summed E-state index contributed by atoms with van der Waals surface area (Å²) in [6, 6.07) is 15.1. The first-order valence-corrected chi connectivity index (χ1v) is 12.0. The van der Waals surface area contributed by atoms with E-state index < -0.39 is 10.0 Å². The zero-order chi connectivity index (χ0) is 20.4.